The van der Waals surface area contributed by atoms with Gasteiger partial charge in [0.2, 0.25) is 5.91 Å². The van der Waals surface area contributed by atoms with Crippen molar-refractivity contribution in [1.29, 1.82) is 0 Å². The van der Waals surface area contributed by atoms with E-state index in [1.165, 1.54) is 0 Å². The molecule has 0 aliphatic rings. The van der Waals surface area contributed by atoms with Crippen molar-refractivity contribution >= 4 is 16.8 Å². The third-order valence-corrected chi connectivity index (χ3v) is 5.92. The number of carbonyl (C=O) groups excluding carboxylic acids is 1. The SMILES string of the molecule is NCc1ccc(-c2nc3ccnc(C(C(N)=O)c4ccncc4)c3cc2-c2ccccc2)cc1. The number of rotatable bonds is 6. The Morgan fingerprint density at radius 1 is 0.853 bits per heavy atom. The summed E-state index contributed by atoms with van der Waals surface area (Å²) in [4.78, 5) is 26.3. The molecule has 3 heterocycles. The topological polar surface area (TPSA) is 108 Å². The van der Waals surface area contributed by atoms with E-state index in [9.17, 15) is 4.79 Å². The number of nitrogens with zero attached hydrogens (tertiary/aromatic N) is 3. The Morgan fingerprint density at radius 2 is 1.59 bits per heavy atom. The number of fused-ring (bicyclic) bond motifs is 1. The van der Waals surface area contributed by atoms with E-state index >= 15 is 0 Å². The van der Waals surface area contributed by atoms with Crippen LogP contribution in [-0.4, -0.2) is 20.9 Å². The van der Waals surface area contributed by atoms with Gasteiger partial charge in [0, 0.05) is 41.6 Å². The Hall–Kier alpha value is -4.42. The Balaban J connectivity index is 1.77. The van der Waals surface area contributed by atoms with Gasteiger partial charge < -0.3 is 11.5 Å². The minimum Gasteiger partial charge on any atom is -0.369 e. The van der Waals surface area contributed by atoms with Gasteiger partial charge in [0.05, 0.1) is 16.9 Å². The summed E-state index contributed by atoms with van der Waals surface area (Å²) in [5, 5.41) is 0.782. The molecule has 5 rings (SSSR count). The van der Waals surface area contributed by atoms with Gasteiger partial charge in [0.25, 0.3) is 0 Å². The molecule has 34 heavy (non-hydrogen) atoms. The summed E-state index contributed by atoms with van der Waals surface area (Å²) >= 11 is 0. The highest BCUT2D eigenvalue weighted by molar-refractivity contribution is 5.96. The van der Waals surface area contributed by atoms with Gasteiger partial charge in [-0.3, -0.25) is 14.8 Å². The summed E-state index contributed by atoms with van der Waals surface area (Å²) in [6, 6.07) is 25.7. The molecule has 0 saturated heterocycles. The lowest BCUT2D eigenvalue weighted by Crippen LogP contribution is -2.23. The third-order valence-electron chi connectivity index (χ3n) is 5.92. The van der Waals surface area contributed by atoms with Gasteiger partial charge in [-0.05, 0) is 41.0 Å². The van der Waals surface area contributed by atoms with Crippen LogP contribution in [-0.2, 0) is 11.3 Å². The summed E-state index contributed by atoms with van der Waals surface area (Å²) in [5.74, 6) is -1.19. The fraction of sp³-hybridized carbons (Fsp3) is 0.0714. The van der Waals surface area contributed by atoms with Gasteiger partial charge in [-0.15, -0.1) is 0 Å². The Morgan fingerprint density at radius 3 is 2.26 bits per heavy atom. The van der Waals surface area contributed by atoms with Crippen LogP contribution < -0.4 is 11.5 Å². The Bertz CT molecular complexity index is 1450. The van der Waals surface area contributed by atoms with Crippen molar-refractivity contribution in [3.8, 4) is 22.4 Å². The number of pyridine rings is 3. The number of carbonyl (C=O) groups is 1. The third kappa shape index (κ3) is 4.02. The van der Waals surface area contributed by atoms with Crippen molar-refractivity contribution < 1.29 is 4.79 Å². The predicted octanol–water partition coefficient (Wildman–Crippen LogP) is 4.43. The van der Waals surface area contributed by atoms with Crippen LogP contribution in [0.5, 0.6) is 0 Å². The maximum Gasteiger partial charge on any atom is 0.231 e. The maximum atomic E-state index is 12.6. The van der Waals surface area contributed by atoms with Gasteiger partial charge in [-0.2, -0.15) is 0 Å². The monoisotopic (exact) mass is 445 g/mol. The van der Waals surface area contributed by atoms with E-state index in [1.54, 1.807) is 30.7 Å². The van der Waals surface area contributed by atoms with Crippen LogP contribution in [0.2, 0.25) is 0 Å². The molecule has 0 aliphatic heterocycles. The first-order valence-electron chi connectivity index (χ1n) is 11.0. The molecule has 2 aromatic carbocycles. The van der Waals surface area contributed by atoms with Gasteiger partial charge in [0.1, 0.15) is 5.92 Å². The van der Waals surface area contributed by atoms with E-state index in [2.05, 4.69) is 16.0 Å². The zero-order valence-electron chi connectivity index (χ0n) is 18.4. The van der Waals surface area contributed by atoms with Crippen molar-refractivity contribution in [1.82, 2.24) is 15.0 Å². The highest BCUT2D eigenvalue weighted by Crippen LogP contribution is 2.36. The molecule has 3 aromatic heterocycles. The number of nitrogens with two attached hydrogens (primary N) is 2. The van der Waals surface area contributed by atoms with Crippen molar-refractivity contribution in [3.63, 3.8) is 0 Å². The normalized spacial score (nSPS) is 11.9. The fourth-order valence-electron chi connectivity index (χ4n) is 4.22. The molecule has 0 aliphatic carbocycles. The lowest BCUT2D eigenvalue weighted by Gasteiger charge is -2.17. The summed E-state index contributed by atoms with van der Waals surface area (Å²) in [6.07, 6.45) is 4.96. The molecule has 1 unspecified atom stereocenters. The van der Waals surface area contributed by atoms with E-state index < -0.39 is 11.8 Å². The lowest BCUT2D eigenvalue weighted by molar-refractivity contribution is -0.118. The first-order valence-corrected chi connectivity index (χ1v) is 11.0. The fourth-order valence-corrected chi connectivity index (χ4v) is 4.22. The first-order chi connectivity index (χ1) is 16.7. The van der Waals surface area contributed by atoms with Gasteiger partial charge in [-0.1, -0.05) is 54.6 Å². The average Bonchev–Trinajstić information content (AvgIpc) is 2.89. The van der Waals surface area contributed by atoms with Gasteiger partial charge in [-0.25, -0.2) is 4.98 Å². The Kier molecular flexibility index (Phi) is 5.81. The van der Waals surface area contributed by atoms with Crippen molar-refractivity contribution in [3.05, 3.63) is 114 Å². The summed E-state index contributed by atoms with van der Waals surface area (Å²) in [7, 11) is 0. The maximum absolute atomic E-state index is 12.6. The molecular formula is C28H23N5O. The molecule has 0 bridgehead atoms. The van der Waals surface area contributed by atoms with Crippen LogP contribution in [0, 0.1) is 0 Å². The van der Waals surface area contributed by atoms with Crippen LogP contribution in [0.3, 0.4) is 0 Å². The molecule has 0 radical (unpaired) electrons. The minimum absolute atomic E-state index is 0.478. The Labute approximate surface area is 197 Å². The highest BCUT2D eigenvalue weighted by Gasteiger charge is 2.25. The highest BCUT2D eigenvalue weighted by atomic mass is 16.1. The summed E-state index contributed by atoms with van der Waals surface area (Å²) in [5.41, 5.74) is 18.5. The van der Waals surface area contributed by atoms with Gasteiger partial charge >= 0.3 is 0 Å². The smallest absolute Gasteiger partial charge is 0.231 e. The molecule has 6 nitrogen and oxygen atoms in total. The quantitative estimate of drug-likeness (QED) is 0.402. The average molecular weight is 446 g/mol. The number of hydrogen-bond acceptors (Lipinski definition) is 5. The molecule has 4 N–H and O–H groups in total. The molecule has 6 heteroatoms. The number of primary amides is 1. The second-order valence-corrected chi connectivity index (χ2v) is 8.03. The van der Waals surface area contributed by atoms with E-state index in [4.69, 9.17) is 16.5 Å². The number of aromatic nitrogens is 3. The lowest BCUT2D eigenvalue weighted by atomic mass is 9.91. The first kappa shape index (κ1) is 21.4. The molecular weight excluding hydrogens is 422 g/mol. The van der Waals surface area contributed by atoms with E-state index in [0.29, 0.717) is 12.2 Å². The van der Waals surface area contributed by atoms with Crippen LogP contribution >= 0.6 is 0 Å². The van der Waals surface area contributed by atoms with E-state index in [-0.39, 0.29) is 0 Å². The zero-order valence-corrected chi connectivity index (χ0v) is 18.4. The van der Waals surface area contributed by atoms with Crippen LogP contribution in [0.25, 0.3) is 33.3 Å². The summed E-state index contributed by atoms with van der Waals surface area (Å²) in [6.45, 7) is 0.482. The van der Waals surface area contributed by atoms with Crippen molar-refractivity contribution in [2.75, 3.05) is 0 Å². The second-order valence-electron chi connectivity index (χ2n) is 8.03. The molecule has 166 valence electrons. The van der Waals surface area contributed by atoms with Crippen LogP contribution in [0.15, 0.2) is 97.5 Å². The number of benzene rings is 2. The molecule has 0 fully saturated rings. The minimum atomic E-state index is -0.716. The molecule has 1 atom stereocenters. The summed E-state index contributed by atoms with van der Waals surface area (Å²) < 4.78 is 0. The number of amides is 1. The molecule has 0 spiro atoms. The van der Waals surface area contributed by atoms with Crippen LogP contribution in [0.1, 0.15) is 22.7 Å². The number of hydrogen-bond donors (Lipinski definition) is 2. The standard InChI is InChI=1S/C28H23N5O/c29-17-18-6-8-21(9-7-18)26-22(19-4-2-1-3-5-19)16-23-24(33-26)12-15-32-27(23)25(28(30)34)20-10-13-31-14-11-20/h1-16,25H,17,29H2,(H2,30,34). The molecule has 1 amide bonds. The second kappa shape index (κ2) is 9.21. The largest absolute Gasteiger partial charge is 0.369 e. The van der Waals surface area contributed by atoms with E-state index in [0.717, 1.165) is 44.4 Å². The van der Waals surface area contributed by atoms with Gasteiger partial charge in [0.15, 0.2) is 0 Å². The predicted molar refractivity (Wildman–Crippen MR) is 134 cm³/mol. The van der Waals surface area contributed by atoms with E-state index in [1.807, 2.05) is 60.7 Å². The zero-order chi connectivity index (χ0) is 23.5. The van der Waals surface area contributed by atoms with Crippen molar-refractivity contribution in [2.45, 2.75) is 12.5 Å². The van der Waals surface area contributed by atoms with Crippen LogP contribution in [0.4, 0.5) is 0 Å². The molecule has 5 aromatic rings. The van der Waals surface area contributed by atoms with Crippen molar-refractivity contribution in [2.24, 2.45) is 11.5 Å². The molecule has 0 saturated carbocycles.